The number of rotatable bonds is 5. The maximum absolute atomic E-state index is 10.9. The van der Waals surface area contributed by atoms with Crippen molar-refractivity contribution in [3.05, 3.63) is 0 Å². The Balaban J connectivity index is 3.50. The van der Waals surface area contributed by atoms with E-state index in [-0.39, 0.29) is 24.2 Å². The van der Waals surface area contributed by atoms with Gasteiger partial charge in [0.15, 0.2) is 0 Å². The summed E-state index contributed by atoms with van der Waals surface area (Å²) in [4.78, 5) is 21.4. The highest BCUT2D eigenvalue weighted by molar-refractivity contribution is 5.96. The molecule has 1 atom stereocenters. The van der Waals surface area contributed by atoms with Crippen LogP contribution in [0.15, 0.2) is 0 Å². The molecule has 0 aliphatic rings. The van der Waals surface area contributed by atoms with Gasteiger partial charge in [-0.3, -0.25) is 9.59 Å². The molecule has 1 amide bonds. The second-order valence-corrected chi connectivity index (χ2v) is 2.73. The van der Waals surface area contributed by atoms with Gasteiger partial charge in [0.2, 0.25) is 5.91 Å². The van der Waals surface area contributed by atoms with Crippen LogP contribution in [0, 0.1) is 0 Å². The molecule has 0 saturated heterocycles. The van der Waals surface area contributed by atoms with Crippen molar-refractivity contribution < 1.29 is 14.3 Å². The molecule has 1 unspecified atom stereocenters. The van der Waals surface area contributed by atoms with Crippen LogP contribution >= 0.6 is 0 Å². The summed E-state index contributed by atoms with van der Waals surface area (Å²) in [5, 5.41) is 2.58. The van der Waals surface area contributed by atoms with Crippen LogP contribution in [0.25, 0.3) is 0 Å². The summed E-state index contributed by atoms with van der Waals surface area (Å²) in [6.45, 7) is 3.68. The van der Waals surface area contributed by atoms with E-state index in [1.165, 1.54) is 6.92 Å². The summed E-state index contributed by atoms with van der Waals surface area (Å²) < 4.78 is 4.91. The molecule has 0 fully saturated rings. The zero-order chi connectivity index (χ0) is 9.56. The number of carbonyl (C=O) groups excluding carboxylic acids is 2. The fraction of sp³-hybridized carbons (Fsp3) is 0.750. The molecule has 0 aliphatic heterocycles. The number of hydrogen-bond acceptors (Lipinski definition) is 3. The van der Waals surface area contributed by atoms with E-state index in [2.05, 4.69) is 5.32 Å². The highest BCUT2D eigenvalue weighted by Gasteiger charge is 2.05. The molecular formula is C8H15NO3. The molecule has 0 saturated carbocycles. The van der Waals surface area contributed by atoms with Crippen LogP contribution < -0.4 is 5.32 Å². The van der Waals surface area contributed by atoms with Gasteiger partial charge in [0.25, 0.3) is 0 Å². The minimum atomic E-state index is -0.244. The Labute approximate surface area is 72.3 Å². The third kappa shape index (κ3) is 5.85. The van der Waals surface area contributed by atoms with Crippen molar-refractivity contribution in [1.29, 1.82) is 0 Å². The van der Waals surface area contributed by atoms with Crippen LogP contribution in [-0.2, 0) is 14.3 Å². The van der Waals surface area contributed by atoms with Crippen molar-refractivity contribution in [2.45, 2.75) is 26.4 Å². The van der Waals surface area contributed by atoms with E-state index in [1.54, 1.807) is 7.11 Å². The number of Topliss-reactive ketones (excluding diaryl/α,β-unsaturated/α-hetero) is 1. The Morgan fingerprint density at radius 2 is 2.08 bits per heavy atom. The molecule has 0 heterocycles. The van der Waals surface area contributed by atoms with Gasteiger partial charge < -0.3 is 10.1 Å². The Morgan fingerprint density at radius 3 is 2.50 bits per heavy atom. The molecular weight excluding hydrogens is 158 g/mol. The molecule has 4 nitrogen and oxygen atoms in total. The van der Waals surface area contributed by atoms with E-state index in [9.17, 15) is 9.59 Å². The van der Waals surface area contributed by atoms with E-state index >= 15 is 0 Å². The van der Waals surface area contributed by atoms with Crippen molar-refractivity contribution >= 4 is 11.7 Å². The Hall–Kier alpha value is -0.900. The molecule has 0 radical (unpaired) electrons. The van der Waals surface area contributed by atoms with Crippen molar-refractivity contribution in [3.63, 3.8) is 0 Å². The van der Waals surface area contributed by atoms with Crippen LogP contribution in [0.3, 0.4) is 0 Å². The second kappa shape index (κ2) is 5.71. The van der Waals surface area contributed by atoms with E-state index < -0.39 is 0 Å². The van der Waals surface area contributed by atoms with Crippen LogP contribution in [0.5, 0.6) is 0 Å². The molecule has 4 heteroatoms. The van der Waals surface area contributed by atoms with Gasteiger partial charge in [-0.1, -0.05) is 0 Å². The number of nitrogens with one attached hydrogen (secondary N) is 1. The summed E-state index contributed by atoms with van der Waals surface area (Å²) in [6, 6.07) is 0. The minimum absolute atomic E-state index is 0.0130. The minimum Gasteiger partial charge on any atom is -0.380 e. The average Bonchev–Trinajstić information content (AvgIpc) is 1.99. The predicted octanol–water partition coefficient (Wildman–Crippen LogP) is 0.117. The predicted molar refractivity (Wildman–Crippen MR) is 44.8 cm³/mol. The van der Waals surface area contributed by atoms with Crippen LogP contribution in [0.4, 0.5) is 0 Å². The number of hydrogen-bond donors (Lipinski definition) is 1. The number of ketones is 1. The summed E-state index contributed by atoms with van der Waals surface area (Å²) >= 11 is 0. The lowest BCUT2D eigenvalue weighted by Crippen LogP contribution is -2.32. The average molecular weight is 173 g/mol. The number of ether oxygens (including phenoxy) is 1. The van der Waals surface area contributed by atoms with Gasteiger partial charge in [-0.25, -0.2) is 0 Å². The van der Waals surface area contributed by atoms with Gasteiger partial charge in [-0.05, 0) is 13.8 Å². The van der Waals surface area contributed by atoms with Crippen LogP contribution in [0.2, 0.25) is 0 Å². The van der Waals surface area contributed by atoms with Crippen molar-refractivity contribution in [2.75, 3.05) is 13.7 Å². The lowest BCUT2D eigenvalue weighted by atomic mass is 10.3. The molecule has 70 valence electrons. The second-order valence-electron chi connectivity index (χ2n) is 2.73. The van der Waals surface area contributed by atoms with Crippen molar-refractivity contribution in [1.82, 2.24) is 5.32 Å². The summed E-state index contributed by atoms with van der Waals surface area (Å²) in [6.07, 6.45) is -0.0583. The molecule has 0 bridgehead atoms. The zero-order valence-electron chi connectivity index (χ0n) is 7.72. The summed E-state index contributed by atoms with van der Waals surface area (Å²) in [5.74, 6) is -0.371. The largest absolute Gasteiger partial charge is 0.380 e. The van der Waals surface area contributed by atoms with Crippen LogP contribution in [0.1, 0.15) is 20.3 Å². The highest BCUT2D eigenvalue weighted by Crippen LogP contribution is 1.86. The third-order valence-corrected chi connectivity index (χ3v) is 1.40. The fourth-order valence-electron chi connectivity index (χ4n) is 0.630. The molecule has 0 rings (SSSR count). The van der Waals surface area contributed by atoms with Crippen molar-refractivity contribution in [3.8, 4) is 0 Å². The number of amides is 1. The maximum Gasteiger partial charge on any atom is 0.227 e. The monoisotopic (exact) mass is 173 g/mol. The molecule has 0 aromatic carbocycles. The smallest absolute Gasteiger partial charge is 0.227 e. The number of carbonyl (C=O) groups is 2. The van der Waals surface area contributed by atoms with Gasteiger partial charge in [0.05, 0.1) is 12.5 Å². The fourth-order valence-corrected chi connectivity index (χ4v) is 0.630. The maximum atomic E-state index is 10.9. The first-order valence-corrected chi connectivity index (χ1v) is 3.85. The zero-order valence-corrected chi connectivity index (χ0v) is 7.72. The standard InChI is InChI=1S/C8H15NO3/c1-6(10)4-8(11)9-5-7(2)12-3/h7H,4-5H2,1-3H3,(H,9,11). The van der Waals surface area contributed by atoms with E-state index in [0.29, 0.717) is 6.54 Å². The highest BCUT2D eigenvalue weighted by atomic mass is 16.5. The van der Waals surface area contributed by atoms with Gasteiger partial charge in [0, 0.05) is 13.7 Å². The summed E-state index contributed by atoms with van der Waals surface area (Å²) in [7, 11) is 1.57. The van der Waals surface area contributed by atoms with Gasteiger partial charge in [-0.15, -0.1) is 0 Å². The first kappa shape index (κ1) is 11.1. The number of methoxy groups -OCH3 is 1. The van der Waals surface area contributed by atoms with Gasteiger partial charge >= 0.3 is 0 Å². The Kier molecular flexibility index (Phi) is 5.28. The quantitative estimate of drug-likeness (QED) is 0.601. The van der Waals surface area contributed by atoms with E-state index in [1.807, 2.05) is 6.92 Å². The Bertz CT molecular complexity index is 168. The third-order valence-electron chi connectivity index (χ3n) is 1.40. The normalized spacial score (nSPS) is 12.2. The topological polar surface area (TPSA) is 55.4 Å². The van der Waals surface area contributed by atoms with E-state index in [4.69, 9.17) is 4.74 Å². The van der Waals surface area contributed by atoms with Gasteiger partial charge in [-0.2, -0.15) is 0 Å². The molecule has 0 aromatic heterocycles. The van der Waals surface area contributed by atoms with Gasteiger partial charge in [0.1, 0.15) is 5.78 Å². The molecule has 0 aliphatic carbocycles. The summed E-state index contributed by atoms with van der Waals surface area (Å²) in [5.41, 5.74) is 0. The molecule has 0 spiro atoms. The van der Waals surface area contributed by atoms with Crippen LogP contribution in [-0.4, -0.2) is 31.4 Å². The molecule has 0 aromatic rings. The lowest BCUT2D eigenvalue weighted by molar-refractivity contribution is -0.127. The first-order valence-electron chi connectivity index (χ1n) is 3.85. The van der Waals surface area contributed by atoms with E-state index in [0.717, 1.165) is 0 Å². The first-order chi connectivity index (χ1) is 5.56. The SMILES string of the molecule is COC(C)CNC(=O)CC(C)=O. The Morgan fingerprint density at radius 1 is 1.50 bits per heavy atom. The van der Waals surface area contributed by atoms with Crippen molar-refractivity contribution in [2.24, 2.45) is 0 Å². The lowest BCUT2D eigenvalue weighted by Gasteiger charge is -2.09. The molecule has 1 N–H and O–H groups in total. The molecule has 12 heavy (non-hydrogen) atoms.